The number of aliphatic carboxylic acids is 1. The summed E-state index contributed by atoms with van der Waals surface area (Å²) < 4.78 is 0. The molecule has 0 spiro atoms. The molecule has 4 heteroatoms. The van der Waals surface area contributed by atoms with E-state index in [9.17, 15) is 4.79 Å². The number of aliphatic hydroxyl groups excluding tert-OH is 1. The van der Waals surface area contributed by atoms with Crippen LogP contribution in [0.1, 0.15) is 6.92 Å². The zero-order valence-corrected chi connectivity index (χ0v) is 4.94. The molecule has 2 N–H and O–H groups in total. The summed E-state index contributed by atoms with van der Waals surface area (Å²) in [6.45, 7) is 1.21. The Morgan fingerprint density at radius 2 is 1.88 bits per heavy atom. The average Bonchev–Trinajstić information content (AvgIpc) is 1.64. The van der Waals surface area contributed by atoms with Crippen LogP contribution >= 0.6 is 11.6 Å². The smallest absolute Gasteiger partial charge is 0.336 e. The van der Waals surface area contributed by atoms with Crippen LogP contribution < -0.4 is 0 Å². The van der Waals surface area contributed by atoms with Gasteiger partial charge in [-0.25, -0.2) is 4.79 Å². The molecule has 0 aromatic rings. The molecule has 0 aliphatic carbocycles. The van der Waals surface area contributed by atoms with Crippen LogP contribution in [0.2, 0.25) is 0 Å². The lowest BCUT2D eigenvalue weighted by atomic mass is 10.3. The van der Waals surface area contributed by atoms with Crippen LogP contribution in [0.4, 0.5) is 0 Å². The van der Waals surface area contributed by atoms with E-state index in [2.05, 4.69) is 0 Å². The maximum absolute atomic E-state index is 9.84. The van der Waals surface area contributed by atoms with Gasteiger partial charge in [-0.05, 0) is 18.5 Å². The second-order valence-corrected chi connectivity index (χ2v) is 1.58. The first-order chi connectivity index (χ1) is 3.55. The van der Waals surface area contributed by atoms with Gasteiger partial charge in [0.2, 0.25) is 0 Å². The van der Waals surface area contributed by atoms with Crippen molar-refractivity contribution in [2.75, 3.05) is 0 Å². The molecule has 0 aliphatic heterocycles. The molecule has 3 nitrogen and oxygen atoms in total. The van der Waals surface area contributed by atoms with E-state index in [-0.39, 0.29) is 5.57 Å². The third-order valence-electron chi connectivity index (χ3n) is 0.630. The first-order valence-electron chi connectivity index (χ1n) is 1.84. The quantitative estimate of drug-likeness (QED) is 0.419. The van der Waals surface area contributed by atoms with Crippen molar-refractivity contribution in [3.63, 3.8) is 0 Å². The Morgan fingerprint density at radius 1 is 1.50 bits per heavy atom. The Hall–Kier alpha value is -0.700. The number of carboxylic acids is 1. The van der Waals surface area contributed by atoms with Gasteiger partial charge in [0.05, 0.1) is 5.57 Å². The van der Waals surface area contributed by atoms with Gasteiger partial charge in [0, 0.05) is 0 Å². The summed E-state index contributed by atoms with van der Waals surface area (Å²) in [7, 11) is 0. The molecule has 0 rings (SSSR count). The molecule has 0 atom stereocenters. The number of rotatable bonds is 1. The van der Waals surface area contributed by atoms with Crippen LogP contribution in [-0.4, -0.2) is 16.2 Å². The minimum absolute atomic E-state index is 0.244. The summed E-state index contributed by atoms with van der Waals surface area (Å²) in [6, 6.07) is 0. The van der Waals surface area contributed by atoms with Gasteiger partial charge in [0.25, 0.3) is 0 Å². The second kappa shape index (κ2) is 2.57. The second-order valence-electron chi connectivity index (χ2n) is 1.22. The van der Waals surface area contributed by atoms with Gasteiger partial charge in [0.15, 0.2) is 5.22 Å². The van der Waals surface area contributed by atoms with Crippen molar-refractivity contribution in [1.82, 2.24) is 0 Å². The monoisotopic (exact) mass is 136 g/mol. The molecule has 0 aromatic heterocycles. The Kier molecular flexibility index (Phi) is 2.34. The molecular weight excluding hydrogens is 131 g/mol. The predicted octanol–water partition coefficient (Wildman–Crippen LogP) is 1.10. The van der Waals surface area contributed by atoms with Crippen LogP contribution in [0, 0.1) is 0 Å². The third kappa shape index (κ3) is 1.84. The lowest BCUT2D eigenvalue weighted by Crippen LogP contribution is -1.97. The number of carboxylic acid groups (broad SMARTS) is 1. The summed E-state index contributed by atoms with van der Waals surface area (Å²) >= 11 is 4.88. The highest BCUT2D eigenvalue weighted by atomic mass is 35.5. The molecule has 0 heterocycles. The molecular formula is C4H5ClO3. The zero-order valence-electron chi connectivity index (χ0n) is 4.18. The van der Waals surface area contributed by atoms with Crippen LogP contribution in [0.25, 0.3) is 0 Å². The van der Waals surface area contributed by atoms with Crippen LogP contribution in [0.3, 0.4) is 0 Å². The minimum atomic E-state index is -1.21. The molecule has 0 amide bonds. The number of hydrogen-bond donors (Lipinski definition) is 2. The van der Waals surface area contributed by atoms with E-state index in [4.69, 9.17) is 21.8 Å². The normalized spacial score (nSPS) is 12.8. The van der Waals surface area contributed by atoms with E-state index in [0.717, 1.165) is 0 Å². The van der Waals surface area contributed by atoms with Gasteiger partial charge < -0.3 is 10.2 Å². The van der Waals surface area contributed by atoms with Gasteiger partial charge in [-0.1, -0.05) is 0 Å². The topological polar surface area (TPSA) is 57.5 Å². The van der Waals surface area contributed by atoms with Gasteiger partial charge in [-0.3, -0.25) is 0 Å². The van der Waals surface area contributed by atoms with Crippen LogP contribution in [0.15, 0.2) is 10.8 Å². The van der Waals surface area contributed by atoms with Crippen molar-refractivity contribution in [1.29, 1.82) is 0 Å². The average molecular weight is 137 g/mol. The van der Waals surface area contributed by atoms with Crippen molar-refractivity contribution < 1.29 is 15.0 Å². The summed E-state index contributed by atoms with van der Waals surface area (Å²) in [6.07, 6.45) is 0. The number of hydrogen-bond acceptors (Lipinski definition) is 2. The van der Waals surface area contributed by atoms with E-state index in [1.807, 2.05) is 0 Å². The molecule has 0 radical (unpaired) electrons. The SMILES string of the molecule is CC(C(=O)O)=C(O)Cl. The summed E-state index contributed by atoms with van der Waals surface area (Å²) in [5.41, 5.74) is -0.244. The summed E-state index contributed by atoms with van der Waals surface area (Å²) in [5, 5.41) is 15.6. The predicted molar refractivity (Wildman–Crippen MR) is 28.8 cm³/mol. The molecule has 8 heavy (non-hydrogen) atoms. The summed E-state index contributed by atoms with van der Waals surface area (Å²) in [5.74, 6) is -1.21. The Labute approximate surface area is 51.2 Å². The third-order valence-corrected chi connectivity index (χ3v) is 0.914. The van der Waals surface area contributed by atoms with E-state index in [1.165, 1.54) is 6.92 Å². The molecule has 0 saturated heterocycles. The number of aliphatic hydroxyl groups is 1. The number of carbonyl (C=O) groups is 1. The van der Waals surface area contributed by atoms with Crippen LogP contribution in [0.5, 0.6) is 0 Å². The highest BCUT2D eigenvalue weighted by molar-refractivity contribution is 6.29. The Balaban J connectivity index is 4.23. The van der Waals surface area contributed by atoms with Gasteiger partial charge in [-0.2, -0.15) is 0 Å². The lowest BCUT2D eigenvalue weighted by Gasteiger charge is -1.89. The van der Waals surface area contributed by atoms with Crippen molar-refractivity contribution >= 4 is 17.6 Å². The fourth-order valence-corrected chi connectivity index (χ4v) is 0.169. The minimum Gasteiger partial charge on any atom is -0.498 e. The summed E-state index contributed by atoms with van der Waals surface area (Å²) in [4.78, 5) is 9.84. The maximum atomic E-state index is 9.84. The Morgan fingerprint density at radius 3 is 1.88 bits per heavy atom. The first kappa shape index (κ1) is 7.30. The van der Waals surface area contributed by atoms with Gasteiger partial charge in [0.1, 0.15) is 0 Å². The van der Waals surface area contributed by atoms with Crippen LogP contribution in [-0.2, 0) is 4.79 Å². The molecule has 0 fully saturated rings. The van der Waals surface area contributed by atoms with Gasteiger partial charge >= 0.3 is 5.97 Å². The van der Waals surface area contributed by atoms with Crippen molar-refractivity contribution in [2.24, 2.45) is 0 Å². The molecule has 0 unspecified atom stereocenters. The van der Waals surface area contributed by atoms with E-state index < -0.39 is 11.2 Å². The molecule has 0 aromatic carbocycles. The molecule has 0 bridgehead atoms. The highest BCUT2D eigenvalue weighted by Crippen LogP contribution is 2.03. The number of halogens is 1. The van der Waals surface area contributed by atoms with Crippen molar-refractivity contribution in [2.45, 2.75) is 6.92 Å². The van der Waals surface area contributed by atoms with E-state index in [1.54, 1.807) is 0 Å². The molecule has 46 valence electrons. The first-order valence-corrected chi connectivity index (χ1v) is 2.22. The molecule has 0 aliphatic rings. The largest absolute Gasteiger partial charge is 0.498 e. The zero-order chi connectivity index (χ0) is 6.73. The van der Waals surface area contributed by atoms with E-state index >= 15 is 0 Å². The fourth-order valence-electron chi connectivity index (χ4n) is 0.0882. The highest BCUT2D eigenvalue weighted by Gasteiger charge is 2.03. The Bertz CT molecular complexity index is 134. The maximum Gasteiger partial charge on any atom is 0.336 e. The standard InChI is InChI=1S/C4H5ClO3/c1-2(3(5)6)4(7)8/h6H,1H3,(H,7,8). The van der Waals surface area contributed by atoms with Gasteiger partial charge in [-0.15, -0.1) is 0 Å². The fraction of sp³-hybridized carbons (Fsp3) is 0.250. The van der Waals surface area contributed by atoms with E-state index in [0.29, 0.717) is 0 Å². The van der Waals surface area contributed by atoms with Crippen molar-refractivity contribution in [3.05, 3.63) is 10.8 Å². The molecule has 0 saturated carbocycles. The van der Waals surface area contributed by atoms with Crippen molar-refractivity contribution in [3.8, 4) is 0 Å². The lowest BCUT2D eigenvalue weighted by molar-refractivity contribution is -0.132.